The summed E-state index contributed by atoms with van der Waals surface area (Å²) in [6.07, 6.45) is 0. The Kier molecular flexibility index (Phi) is 6.90. The van der Waals surface area contributed by atoms with E-state index < -0.39 is 11.9 Å². The largest absolute Gasteiger partial charge is 0.465 e. The monoisotopic (exact) mass is 386 g/mol. The van der Waals surface area contributed by atoms with E-state index >= 15 is 0 Å². The zero-order valence-electron chi connectivity index (χ0n) is 15.7. The highest BCUT2D eigenvalue weighted by atomic mass is 32.1. The summed E-state index contributed by atoms with van der Waals surface area (Å²) in [7, 11) is 2.57. The van der Waals surface area contributed by atoms with E-state index in [9.17, 15) is 9.59 Å². The average Bonchev–Trinajstić information content (AvgIpc) is 2.67. The molecule has 0 radical (unpaired) electrons. The fourth-order valence-electron chi connectivity index (χ4n) is 2.42. The molecule has 0 aromatic heterocycles. The van der Waals surface area contributed by atoms with E-state index in [-0.39, 0.29) is 16.2 Å². The number of hydrogen-bond acceptors (Lipinski definition) is 5. The van der Waals surface area contributed by atoms with Crippen LogP contribution in [0.2, 0.25) is 0 Å². The van der Waals surface area contributed by atoms with Crippen molar-refractivity contribution in [1.29, 1.82) is 0 Å². The number of carbonyl (C=O) groups is 2. The van der Waals surface area contributed by atoms with Gasteiger partial charge in [-0.25, -0.2) is 9.59 Å². The first-order chi connectivity index (χ1) is 12.8. The molecular weight excluding hydrogens is 364 g/mol. The van der Waals surface area contributed by atoms with Gasteiger partial charge < -0.3 is 20.1 Å². The number of nitrogens with one attached hydrogen (secondary N) is 2. The average molecular weight is 386 g/mol. The second kappa shape index (κ2) is 9.14. The van der Waals surface area contributed by atoms with Crippen LogP contribution in [-0.4, -0.2) is 31.3 Å². The van der Waals surface area contributed by atoms with Crippen LogP contribution in [0.25, 0.3) is 0 Å². The Bertz CT molecular complexity index is 848. The maximum atomic E-state index is 12.0. The standard InChI is InChI=1S/C20H22N2O4S/c1-12(2)13-5-8-15(9-6-13)21-20(27)22-17-11-14(18(23)25-3)7-10-16(17)19(24)26-4/h5-12H,1-4H3,(H2,21,22,27). The normalized spacial score (nSPS) is 10.3. The van der Waals surface area contributed by atoms with Crippen LogP contribution in [0.3, 0.4) is 0 Å². The fraction of sp³-hybridized carbons (Fsp3) is 0.250. The van der Waals surface area contributed by atoms with Crippen LogP contribution in [0, 0.1) is 0 Å². The van der Waals surface area contributed by atoms with Crippen molar-refractivity contribution in [1.82, 2.24) is 0 Å². The highest BCUT2D eigenvalue weighted by Gasteiger charge is 2.16. The molecule has 0 atom stereocenters. The number of carbonyl (C=O) groups excluding carboxylic acids is 2. The molecule has 2 rings (SSSR count). The summed E-state index contributed by atoms with van der Waals surface area (Å²) >= 11 is 5.33. The molecule has 0 aliphatic heterocycles. The van der Waals surface area contributed by atoms with Gasteiger partial charge in [-0.2, -0.15) is 0 Å². The topological polar surface area (TPSA) is 76.7 Å². The maximum Gasteiger partial charge on any atom is 0.339 e. The van der Waals surface area contributed by atoms with Crippen molar-refractivity contribution in [2.45, 2.75) is 19.8 Å². The summed E-state index contributed by atoms with van der Waals surface area (Å²) in [6.45, 7) is 4.24. The van der Waals surface area contributed by atoms with Crippen LogP contribution < -0.4 is 10.6 Å². The highest BCUT2D eigenvalue weighted by Crippen LogP contribution is 2.21. The Balaban J connectivity index is 2.21. The number of ether oxygens (including phenoxy) is 2. The van der Waals surface area contributed by atoms with E-state index in [1.54, 1.807) is 0 Å². The quantitative estimate of drug-likeness (QED) is 0.589. The van der Waals surface area contributed by atoms with Crippen molar-refractivity contribution >= 4 is 40.6 Å². The molecule has 27 heavy (non-hydrogen) atoms. The number of benzene rings is 2. The van der Waals surface area contributed by atoms with Crippen LogP contribution in [-0.2, 0) is 9.47 Å². The van der Waals surface area contributed by atoms with Gasteiger partial charge in [0.05, 0.1) is 31.0 Å². The molecule has 6 nitrogen and oxygen atoms in total. The third kappa shape index (κ3) is 5.27. The van der Waals surface area contributed by atoms with E-state index in [0.717, 1.165) is 5.69 Å². The zero-order chi connectivity index (χ0) is 20.0. The molecule has 0 aliphatic carbocycles. The molecule has 2 N–H and O–H groups in total. The predicted octanol–water partition coefficient (Wildman–Crippen LogP) is 4.19. The lowest BCUT2D eigenvalue weighted by molar-refractivity contribution is 0.0587. The van der Waals surface area contributed by atoms with Crippen LogP contribution >= 0.6 is 12.2 Å². The Morgan fingerprint density at radius 3 is 2.11 bits per heavy atom. The van der Waals surface area contributed by atoms with Gasteiger partial charge in [0.25, 0.3) is 0 Å². The fourth-order valence-corrected chi connectivity index (χ4v) is 2.64. The van der Waals surface area contributed by atoms with Crippen LogP contribution in [0.15, 0.2) is 42.5 Å². The van der Waals surface area contributed by atoms with Crippen molar-refractivity contribution in [2.75, 3.05) is 24.9 Å². The van der Waals surface area contributed by atoms with E-state index in [2.05, 4.69) is 24.5 Å². The van der Waals surface area contributed by atoms with Crippen molar-refractivity contribution in [3.05, 3.63) is 59.2 Å². The molecular formula is C20H22N2O4S. The van der Waals surface area contributed by atoms with E-state index in [0.29, 0.717) is 11.6 Å². The number of anilines is 2. The molecule has 0 saturated carbocycles. The maximum absolute atomic E-state index is 12.0. The molecule has 7 heteroatoms. The third-order valence-electron chi connectivity index (χ3n) is 3.93. The first-order valence-corrected chi connectivity index (χ1v) is 8.75. The van der Waals surface area contributed by atoms with Crippen LogP contribution in [0.4, 0.5) is 11.4 Å². The van der Waals surface area contributed by atoms with Gasteiger partial charge >= 0.3 is 11.9 Å². The molecule has 0 unspecified atom stereocenters. The lowest BCUT2D eigenvalue weighted by Crippen LogP contribution is -2.21. The molecule has 0 amide bonds. The number of esters is 2. The molecule has 0 spiro atoms. The first-order valence-electron chi connectivity index (χ1n) is 8.34. The summed E-state index contributed by atoms with van der Waals surface area (Å²) in [5.74, 6) is -0.622. The third-order valence-corrected chi connectivity index (χ3v) is 4.13. The summed E-state index contributed by atoms with van der Waals surface area (Å²) < 4.78 is 9.50. The van der Waals surface area contributed by atoms with E-state index in [1.807, 2.05) is 24.3 Å². The van der Waals surface area contributed by atoms with Gasteiger partial charge in [-0.15, -0.1) is 0 Å². The second-order valence-electron chi connectivity index (χ2n) is 6.10. The molecule has 142 valence electrons. The minimum Gasteiger partial charge on any atom is -0.465 e. The van der Waals surface area contributed by atoms with Crippen molar-refractivity contribution in [3.8, 4) is 0 Å². The molecule has 0 aliphatic rings. The number of methoxy groups -OCH3 is 2. The van der Waals surface area contributed by atoms with Crippen LogP contribution in [0.5, 0.6) is 0 Å². The minimum atomic E-state index is -0.544. The molecule has 0 heterocycles. The number of hydrogen-bond donors (Lipinski definition) is 2. The van der Waals surface area contributed by atoms with Gasteiger partial charge in [-0.3, -0.25) is 0 Å². The lowest BCUT2D eigenvalue weighted by Gasteiger charge is -2.15. The Labute approximate surface area is 163 Å². The van der Waals surface area contributed by atoms with Crippen molar-refractivity contribution < 1.29 is 19.1 Å². The molecule has 0 bridgehead atoms. The van der Waals surface area contributed by atoms with Crippen LogP contribution in [0.1, 0.15) is 46.0 Å². The molecule has 0 saturated heterocycles. The predicted molar refractivity (Wildman–Crippen MR) is 109 cm³/mol. The Morgan fingerprint density at radius 2 is 1.56 bits per heavy atom. The number of rotatable bonds is 5. The molecule has 2 aromatic rings. The van der Waals surface area contributed by atoms with Gasteiger partial charge in [-0.05, 0) is 54.0 Å². The number of thiocarbonyl (C=S) groups is 1. The summed E-state index contributed by atoms with van der Waals surface area (Å²) in [4.78, 5) is 23.7. The Hall–Kier alpha value is -2.93. The molecule has 0 fully saturated rings. The van der Waals surface area contributed by atoms with Gasteiger partial charge in [-0.1, -0.05) is 26.0 Å². The van der Waals surface area contributed by atoms with Crippen molar-refractivity contribution in [2.24, 2.45) is 0 Å². The SMILES string of the molecule is COC(=O)c1ccc(C(=O)OC)c(NC(=S)Nc2ccc(C(C)C)cc2)c1. The smallest absolute Gasteiger partial charge is 0.339 e. The van der Waals surface area contributed by atoms with Crippen molar-refractivity contribution in [3.63, 3.8) is 0 Å². The lowest BCUT2D eigenvalue weighted by atomic mass is 10.0. The van der Waals surface area contributed by atoms with Gasteiger partial charge in [0.1, 0.15) is 0 Å². The van der Waals surface area contributed by atoms with E-state index in [1.165, 1.54) is 38.0 Å². The molecule has 2 aromatic carbocycles. The van der Waals surface area contributed by atoms with Gasteiger partial charge in [0, 0.05) is 5.69 Å². The zero-order valence-corrected chi connectivity index (χ0v) is 16.5. The van der Waals surface area contributed by atoms with E-state index in [4.69, 9.17) is 21.7 Å². The summed E-state index contributed by atoms with van der Waals surface area (Å²) in [5.41, 5.74) is 2.92. The second-order valence-corrected chi connectivity index (χ2v) is 6.51. The highest BCUT2D eigenvalue weighted by molar-refractivity contribution is 7.80. The van der Waals surface area contributed by atoms with Gasteiger partial charge in [0.15, 0.2) is 5.11 Å². The van der Waals surface area contributed by atoms with Gasteiger partial charge in [0.2, 0.25) is 0 Å². The Morgan fingerprint density at radius 1 is 0.926 bits per heavy atom. The first kappa shape index (κ1) is 20.4. The minimum absolute atomic E-state index is 0.254. The summed E-state index contributed by atoms with van der Waals surface area (Å²) in [6, 6.07) is 12.4. The summed E-state index contributed by atoms with van der Waals surface area (Å²) in [5, 5.41) is 6.28.